The highest BCUT2D eigenvalue weighted by atomic mass is 15.2. The van der Waals surface area contributed by atoms with Crippen molar-refractivity contribution < 1.29 is 0 Å². The third-order valence-electron chi connectivity index (χ3n) is 3.80. The Morgan fingerprint density at radius 3 is 2.53 bits per heavy atom. The Bertz CT molecular complexity index is 319. The molecule has 0 radical (unpaired) electrons. The summed E-state index contributed by atoms with van der Waals surface area (Å²) in [6, 6.07) is 11.5. The van der Waals surface area contributed by atoms with Gasteiger partial charge in [0.05, 0.1) is 0 Å². The molecule has 1 fully saturated rings. The van der Waals surface area contributed by atoms with Crippen molar-refractivity contribution in [1.82, 2.24) is 10.2 Å². The Hall–Kier alpha value is -0.860. The molecule has 0 spiro atoms. The topological polar surface area (TPSA) is 15.3 Å². The molecular formula is C15H24N2. The Morgan fingerprint density at radius 2 is 2.00 bits per heavy atom. The zero-order chi connectivity index (χ0) is 12.1. The zero-order valence-corrected chi connectivity index (χ0v) is 11.0. The maximum Gasteiger partial charge on any atom is 0.0236 e. The molecule has 1 unspecified atom stereocenters. The third kappa shape index (κ3) is 3.55. The van der Waals surface area contributed by atoms with Crippen LogP contribution in [-0.2, 0) is 6.54 Å². The van der Waals surface area contributed by atoms with Crippen molar-refractivity contribution in [2.45, 2.75) is 32.9 Å². The van der Waals surface area contributed by atoms with Crippen LogP contribution >= 0.6 is 0 Å². The monoisotopic (exact) mass is 232 g/mol. The number of nitrogens with one attached hydrogen (secondary N) is 1. The normalized spacial score (nSPS) is 18.1. The highest BCUT2D eigenvalue weighted by molar-refractivity contribution is 5.14. The van der Waals surface area contributed by atoms with Gasteiger partial charge in [-0.1, -0.05) is 37.3 Å². The van der Waals surface area contributed by atoms with Crippen LogP contribution in [-0.4, -0.2) is 30.6 Å². The van der Waals surface area contributed by atoms with Gasteiger partial charge in [0.15, 0.2) is 0 Å². The fourth-order valence-electron chi connectivity index (χ4n) is 2.29. The second-order valence-corrected chi connectivity index (χ2v) is 5.20. The van der Waals surface area contributed by atoms with E-state index in [0.29, 0.717) is 6.04 Å². The SMILES string of the molecule is CCC(C)N(Cc1ccccc1)CC1CNC1. The molecule has 1 atom stereocenters. The lowest BCUT2D eigenvalue weighted by molar-refractivity contribution is 0.140. The highest BCUT2D eigenvalue weighted by Gasteiger charge is 2.22. The molecule has 1 heterocycles. The molecule has 1 saturated heterocycles. The van der Waals surface area contributed by atoms with Crippen molar-refractivity contribution in [2.75, 3.05) is 19.6 Å². The minimum absolute atomic E-state index is 0.677. The first-order valence-corrected chi connectivity index (χ1v) is 6.78. The number of benzene rings is 1. The quantitative estimate of drug-likeness (QED) is 0.810. The Kier molecular flexibility index (Phi) is 4.57. The minimum atomic E-state index is 0.677. The van der Waals surface area contributed by atoms with E-state index in [1.165, 1.54) is 31.6 Å². The van der Waals surface area contributed by atoms with E-state index in [0.717, 1.165) is 12.5 Å². The van der Waals surface area contributed by atoms with Gasteiger partial charge in [0, 0.05) is 32.2 Å². The average Bonchev–Trinajstić information content (AvgIpc) is 2.32. The van der Waals surface area contributed by atoms with Crippen molar-refractivity contribution in [1.29, 1.82) is 0 Å². The maximum atomic E-state index is 3.36. The van der Waals surface area contributed by atoms with Gasteiger partial charge in [-0.05, 0) is 24.8 Å². The van der Waals surface area contributed by atoms with Gasteiger partial charge in [-0.3, -0.25) is 4.90 Å². The molecule has 0 bridgehead atoms. The van der Waals surface area contributed by atoms with Gasteiger partial charge >= 0.3 is 0 Å². The Balaban J connectivity index is 1.94. The molecule has 0 aliphatic carbocycles. The summed E-state index contributed by atoms with van der Waals surface area (Å²) in [5, 5.41) is 3.36. The van der Waals surface area contributed by atoms with Crippen LogP contribution < -0.4 is 5.32 Å². The fraction of sp³-hybridized carbons (Fsp3) is 0.600. The van der Waals surface area contributed by atoms with Gasteiger partial charge in [0.25, 0.3) is 0 Å². The van der Waals surface area contributed by atoms with Crippen molar-refractivity contribution in [3.8, 4) is 0 Å². The Labute approximate surface area is 105 Å². The lowest BCUT2D eigenvalue weighted by Crippen LogP contribution is -2.49. The summed E-state index contributed by atoms with van der Waals surface area (Å²) in [5.41, 5.74) is 1.43. The molecular weight excluding hydrogens is 208 g/mol. The van der Waals surface area contributed by atoms with Crippen LogP contribution in [0.15, 0.2) is 30.3 Å². The van der Waals surface area contributed by atoms with Crippen LogP contribution in [0.1, 0.15) is 25.8 Å². The van der Waals surface area contributed by atoms with E-state index >= 15 is 0 Å². The van der Waals surface area contributed by atoms with Gasteiger partial charge < -0.3 is 5.32 Å². The summed E-state index contributed by atoms with van der Waals surface area (Å²) >= 11 is 0. The standard InChI is InChI=1S/C15H24N2/c1-3-13(2)17(12-15-9-16-10-15)11-14-7-5-4-6-8-14/h4-8,13,15-16H,3,9-12H2,1-2H3. The predicted octanol–water partition coefficient (Wildman–Crippen LogP) is 2.51. The van der Waals surface area contributed by atoms with Gasteiger partial charge in [0.1, 0.15) is 0 Å². The van der Waals surface area contributed by atoms with Crippen LogP contribution in [0.25, 0.3) is 0 Å². The molecule has 0 saturated carbocycles. The molecule has 1 aromatic rings. The summed E-state index contributed by atoms with van der Waals surface area (Å²) in [4.78, 5) is 2.63. The van der Waals surface area contributed by atoms with Crippen LogP contribution in [0.5, 0.6) is 0 Å². The highest BCUT2D eigenvalue weighted by Crippen LogP contribution is 2.15. The third-order valence-corrected chi connectivity index (χ3v) is 3.80. The minimum Gasteiger partial charge on any atom is -0.316 e. The number of hydrogen-bond acceptors (Lipinski definition) is 2. The van der Waals surface area contributed by atoms with Crippen LogP contribution in [0.4, 0.5) is 0 Å². The number of rotatable bonds is 6. The van der Waals surface area contributed by atoms with Crippen LogP contribution in [0.2, 0.25) is 0 Å². The first kappa shape index (κ1) is 12.6. The maximum absolute atomic E-state index is 3.36. The van der Waals surface area contributed by atoms with E-state index in [1.807, 2.05) is 0 Å². The molecule has 2 rings (SSSR count). The average molecular weight is 232 g/mol. The summed E-state index contributed by atoms with van der Waals surface area (Å²) in [6.07, 6.45) is 1.23. The summed E-state index contributed by atoms with van der Waals surface area (Å²) < 4.78 is 0. The summed E-state index contributed by atoms with van der Waals surface area (Å²) in [7, 11) is 0. The van der Waals surface area contributed by atoms with Gasteiger partial charge in [-0.25, -0.2) is 0 Å². The van der Waals surface area contributed by atoms with E-state index < -0.39 is 0 Å². The molecule has 1 N–H and O–H groups in total. The van der Waals surface area contributed by atoms with Crippen LogP contribution in [0.3, 0.4) is 0 Å². The predicted molar refractivity (Wildman–Crippen MR) is 73.0 cm³/mol. The van der Waals surface area contributed by atoms with E-state index in [4.69, 9.17) is 0 Å². The summed E-state index contributed by atoms with van der Waals surface area (Å²) in [6.45, 7) is 9.34. The molecule has 17 heavy (non-hydrogen) atoms. The summed E-state index contributed by atoms with van der Waals surface area (Å²) in [5.74, 6) is 0.854. The lowest BCUT2D eigenvalue weighted by atomic mass is 10.0. The van der Waals surface area contributed by atoms with Crippen molar-refractivity contribution >= 4 is 0 Å². The molecule has 94 valence electrons. The second kappa shape index (κ2) is 6.18. The van der Waals surface area contributed by atoms with Gasteiger partial charge in [0.2, 0.25) is 0 Å². The largest absolute Gasteiger partial charge is 0.316 e. The number of nitrogens with zero attached hydrogens (tertiary/aromatic N) is 1. The molecule has 1 aromatic carbocycles. The van der Waals surface area contributed by atoms with Crippen molar-refractivity contribution in [3.63, 3.8) is 0 Å². The number of hydrogen-bond donors (Lipinski definition) is 1. The Morgan fingerprint density at radius 1 is 1.29 bits per heavy atom. The zero-order valence-electron chi connectivity index (χ0n) is 11.0. The lowest BCUT2D eigenvalue weighted by Gasteiger charge is -2.36. The molecule has 2 nitrogen and oxygen atoms in total. The molecule has 0 aromatic heterocycles. The fourth-order valence-corrected chi connectivity index (χ4v) is 2.29. The van der Waals surface area contributed by atoms with Crippen LogP contribution in [0, 0.1) is 5.92 Å². The second-order valence-electron chi connectivity index (χ2n) is 5.20. The smallest absolute Gasteiger partial charge is 0.0236 e. The van der Waals surface area contributed by atoms with E-state index in [2.05, 4.69) is 54.4 Å². The van der Waals surface area contributed by atoms with Gasteiger partial charge in [-0.15, -0.1) is 0 Å². The van der Waals surface area contributed by atoms with E-state index in [9.17, 15) is 0 Å². The van der Waals surface area contributed by atoms with Crippen molar-refractivity contribution in [3.05, 3.63) is 35.9 Å². The first-order chi connectivity index (χ1) is 8.29. The molecule has 1 aliphatic heterocycles. The van der Waals surface area contributed by atoms with Crippen molar-refractivity contribution in [2.24, 2.45) is 5.92 Å². The molecule has 2 heteroatoms. The molecule has 1 aliphatic rings. The molecule has 0 amide bonds. The van der Waals surface area contributed by atoms with E-state index in [1.54, 1.807) is 0 Å². The first-order valence-electron chi connectivity index (χ1n) is 6.78. The van der Waals surface area contributed by atoms with Gasteiger partial charge in [-0.2, -0.15) is 0 Å². The van der Waals surface area contributed by atoms with E-state index in [-0.39, 0.29) is 0 Å².